The van der Waals surface area contributed by atoms with Crippen molar-refractivity contribution in [1.82, 2.24) is 10.2 Å². The van der Waals surface area contributed by atoms with Crippen molar-refractivity contribution in [2.45, 2.75) is 45.3 Å². The molecule has 2 N–H and O–H groups in total. The van der Waals surface area contributed by atoms with E-state index in [2.05, 4.69) is 30.6 Å². The van der Waals surface area contributed by atoms with Gasteiger partial charge in [0.25, 0.3) is 0 Å². The van der Waals surface area contributed by atoms with Crippen LogP contribution in [0.2, 0.25) is 0 Å². The minimum Gasteiger partial charge on any atom is -0.390 e. The van der Waals surface area contributed by atoms with Gasteiger partial charge in [0.1, 0.15) is 0 Å². The van der Waals surface area contributed by atoms with Crippen LogP contribution in [0.15, 0.2) is 12.2 Å². The minimum absolute atomic E-state index is 0.450. The fourth-order valence-corrected chi connectivity index (χ4v) is 1.91. The molecule has 1 saturated heterocycles. The van der Waals surface area contributed by atoms with Crippen LogP contribution >= 0.6 is 0 Å². The van der Waals surface area contributed by atoms with Gasteiger partial charge in [-0.2, -0.15) is 0 Å². The van der Waals surface area contributed by atoms with Gasteiger partial charge in [-0.05, 0) is 25.3 Å². The number of likely N-dealkylation sites (tertiary alicyclic amines) is 1. The molecule has 1 rings (SSSR count). The van der Waals surface area contributed by atoms with Crippen LogP contribution in [0.3, 0.4) is 0 Å². The van der Waals surface area contributed by atoms with Crippen LogP contribution in [-0.2, 0) is 0 Å². The molecule has 3 nitrogen and oxygen atoms in total. The lowest BCUT2D eigenvalue weighted by molar-refractivity contribution is -0.00310. The quantitative estimate of drug-likeness (QED) is 0.695. The van der Waals surface area contributed by atoms with Crippen LogP contribution in [0, 0.1) is 0 Å². The SMILES string of the molecule is C=C(CNC(C)C)CN1CCC(C)(O)CC1. The van der Waals surface area contributed by atoms with E-state index in [-0.39, 0.29) is 0 Å². The molecule has 0 bridgehead atoms. The molecule has 1 aliphatic rings. The number of nitrogens with zero attached hydrogens (tertiary/aromatic N) is 1. The standard InChI is InChI=1S/C13H26N2O/c1-11(2)14-9-12(3)10-15-7-5-13(4,16)6-8-15/h11,14,16H,3,5-10H2,1-2,4H3. The number of rotatable bonds is 5. The number of aliphatic hydroxyl groups is 1. The highest BCUT2D eigenvalue weighted by molar-refractivity contribution is 5.01. The zero-order valence-electron chi connectivity index (χ0n) is 10.9. The van der Waals surface area contributed by atoms with E-state index in [1.165, 1.54) is 5.57 Å². The zero-order chi connectivity index (χ0) is 12.2. The molecule has 1 heterocycles. The summed E-state index contributed by atoms with van der Waals surface area (Å²) in [6.07, 6.45) is 1.75. The van der Waals surface area contributed by atoms with Gasteiger partial charge in [-0.3, -0.25) is 4.90 Å². The molecular weight excluding hydrogens is 200 g/mol. The average molecular weight is 226 g/mol. The van der Waals surface area contributed by atoms with Crippen molar-refractivity contribution in [2.24, 2.45) is 0 Å². The lowest BCUT2D eigenvalue weighted by Gasteiger charge is -2.36. The predicted octanol–water partition coefficient (Wildman–Crippen LogP) is 1.39. The van der Waals surface area contributed by atoms with E-state index >= 15 is 0 Å². The molecule has 0 aromatic carbocycles. The van der Waals surface area contributed by atoms with Crippen LogP contribution in [0.4, 0.5) is 0 Å². The minimum atomic E-state index is -0.450. The first-order valence-electron chi connectivity index (χ1n) is 6.24. The number of piperidine rings is 1. The first-order chi connectivity index (χ1) is 7.39. The molecule has 94 valence electrons. The van der Waals surface area contributed by atoms with Crippen molar-refractivity contribution in [3.63, 3.8) is 0 Å². The fraction of sp³-hybridized carbons (Fsp3) is 0.846. The zero-order valence-corrected chi connectivity index (χ0v) is 10.9. The third kappa shape index (κ3) is 5.10. The van der Waals surface area contributed by atoms with E-state index in [0.29, 0.717) is 6.04 Å². The molecule has 16 heavy (non-hydrogen) atoms. The van der Waals surface area contributed by atoms with E-state index in [9.17, 15) is 5.11 Å². The van der Waals surface area contributed by atoms with Gasteiger partial charge in [-0.25, -0.2) is 0 Å². The maximum Gasteiger partial charge on any atom is 0.0644 e. The average Bonchev–Trinajstić information content (AvgIpc) is 2.18. The Labute approximate surface area is 99.5 Å². The second-order valence-electron chi connectivity index (χ2n) is 5.56. The van der Waals surface area contributed by atoms with Gasteiger partial charge >= 0.3 is 0 Å². The summed E-state index contributed by atoms with van der Waals surface area (Å²) in [5.74, 6) is 0. The Balaban J connectivity index is 2.21. The summed E-state index contributed by atoms with van der Waals surface area (Å²) in [5, 5.41) is 13.2. The lowest BCUT2D eigenvalue weighted by Crippen LogP contribution is -2.43. The summed E-state index contributed by atoms with van der Waals surface area (Å²) < 4.78 is 0. The second-order valence-corrected chi connectivity index (χ2v) is 5.56. The normalized spacial score (nSPS) is 21.3. The third-order valence-corrected chi connectivity index (χ3v) is 3.14. The van der Waals surface area contributed by atoms with Gasteiger partial charge < -0.3 is 10.4 Å². The van der Waals surface area contributed by atoms with Crippen LogP contribution in [0.1, 0.15) is 33.6 Å². The summed E-state index contributed by atoms with van der Waals surface area (Å²) in [5.41, 5.74) is 0.781. The largest absolute Gasteiger partial charge is 0.390 e. The van der Waals surface area contributed by atoms with E-state index in [4.69, 9.17) is 0 Å². The van der Waals surface area contributed by atoms with Gasteiger partial charge in [-0.15, -0.1) is 0 Å². The van der Waals surface area contributed by atoms with Crippen LogP contribution < -0.4 is 5.32 Å². The maximum atomic E-state index is 9.84. The number of hydrogen-bond donors (Lipinski definition) is 2. The topological polar surface area (TPSA) is 35.5 Å². The molecule has 0 aromatic heterocycles. The summed E-state index contributed by atoms with van der Waals surface area (Å²) in [4.78, 5) is 2.38. The van der Waals surface area contributed by atoms with E-state index in [1.54, 1.807) is 0 Å². The summed E-state index contributed by atoms with van der Waals surface area (Å²) in [6, 6.07) is 0.513. The smallest absolute Gasteiger partial charge is 0.0644 e. The Bertz CT molecular complexity index is 226. The highest BCUT2D eigenvalue weighted by atomic mass is 16.3. The van der Waals surface area contributed by atoms with Crippen molar-refractivity contribution in [2.75, 3.05) is 26.2 Å². The molecule has 1 aliphatic heterocycles. The molecular formula is C13H26N2O. The molecule has 0 amide bonds. The Morgan fingerprint density at radius 3 is 2.50 bits per heavy atom. The third-order valence-electron chi connectivity index (χ3n) is 3.14. The molecule has 1 fully saturated rings. The van der Waals surface area contributed by atoms with Crippen molar-refractivity contribution in [3.8, 4) is 0 Å². The Hall–Kier alpha value is -0.380. The molecule has 3 heteroatoms. The van der Waals surface area contributed by atoms with E-state index < -0.39 is 5.60 Å². The summed E-state index contributed by atoms with van der Waals surface area (Å²) in [6.45, 7) is 14.1. The molecule has 0 aliphatic carbocycles. The van der Waals surface area contributed by atoms with Gasteiger partial charge in [0.2, 0.25) is 0 Å². The molecule has 0 unspecified atom stereocenters. The second kappa shape index (κ2) is 5.80. The van der Waals surface area contributed by atoms with Crippen LogP contribution in [-0.4, -0.2) is 47.8 Å². The van der Waals surface area contributed by atoms with Crippen LogP contribution in [0.25, 0.3) is 0 Å². The van der Waals surface area contributed by atoms with Crippen molar-refractivity contribution in [3.05, 3.63) is 12.2 Å². The summed E-state index contributed by atoms with van der Waals surface area (Å²) in [7, 11) is 0. The van der Waals surface area contributed by atoms with Crippen LogP contribution in [0.5, 0.6) is 0 Å². The first-order valence-corrected chi connectivity index (χ1v) is 6.24. The van der Waals surface area contributed by atoms with Crippen molar-refractivity contribution < 1.29 is 5.11 Å². The van der Waals surface area contributed by atoms with Gasteiger partial charge in [-0.1, -0.05) is 20.4 Å². The van der Waals surface area contributed by atoms with Gasteiger partial charge in [0.05, 0.1) is 5.60 Å². The Kier molecular flexibility index (Phi) is 4.96. The maximum absolute atomic E-state index is 9.84. The van der Waals surface area contributed by atoms with Crippen molar-refractivity contribution >= 4 is 0 Å². The lowest BCUT2D eigenvalue weighted by atomic mass is 9.93. The fourth-order valence-electron chi connectivity index (χ4n) is 1.91. The van der Waals surface area contributed by atoms with E-state index in [0.717, 1.165) is 39.0 Å². The molecule has 0 radical (unpaired) electrons. The van der Waals surface area contributed by atoms with E-state index in [1.807, 2.05) is 6.92 Å². The number of hydrogen-bond acceptors (Lipinski definition) is 3. The first kappa shape index (κ1) is 13.7. The Morgan fingerprint density at radius 2 is 2.00 bits per heavy atom. The summed E-state index contributed by atoms with van der Waals surface area (Å²) >= 11 is 0. The highest BCUT2D eigenvalue weighted by Gasteiger charge is 2.27. The highest BCUT2D eigenvalue weighted by Crippen LogP contribution is 2.21. The number of nitrogens with one attached hydrogen (secondary N) is 1. The monoisotopic (exact) mass is 226 g/mol. The van der Waals surface area contributed by atoms with Crippen molar-refractivity contribution in [1.29, 1.82) is 0 Å². The van der Waals surface area contributed by atoms with Gasteiger partial charge in [0.15, 0.2) is 0 Å². The molecule has 0 spiro atoms. The molecule has 0 aromatic rings. The van der Waals surface area contributed by atoms with Gasteiger partial charge in [0, 0.05) is 32.2 Å². The predicted molar refractivity (Wildman–Crippen MR) is 68.6 cm³/mol. The Morgan fingerprint density at radius 1 is 1.44 bits per heavy atom. The molecule has 0 saturated carbocycles. The molecule has 0 atom stereocenters.